The van der Waals surface area contributed by atoms with Crippen LogP contribution in [0.2, 0.25) is 0 Å². The number of carboxylic acid groups (broad SMARTS) is 1. The number of benzene rings is 1. The van der Waals surface area contributed by atoms with Crippen LogP contribution in [0.3, 0.4) is 0 Å². The third-order valence-corrected chi connectivity index (χ3v) is 4.97. The predicted molar refractivity (Wildman–Crippen MR) is 103 cm³/mol. The Kier molecular flexibility index (Phi) is 5.78. The van der Waals surface area contributed by atoms with Crippen LogP contribution in [0, 0.1) is 0 Å². The first kappa shape index (κ1) is 18.9. The van der Waals surface area contributed by atoms with Gasteiger partial charge < -0.3 is 14.9 Å². The molecule has 27 heavy (non-hydrogen) atoms. The van der Waals surface area contributed by atoms with E-state index in [-0.39, 0.29) is 12.3 Å². The Morgan fingerprint density at radius 2 is 1.85 bits per heavy atom. The third-order valence-electron chi connectivity index (χ3n) is 4.97. The van der Waals surface area contributed by atoms with Gasteiger partial charge in [-0.05, 0) is 44.2 Å². The van der Waals surface area contributed by atoms with Crippen molar-refractivity contribution in [2.45, 2.75) is 39.8 Å². The first-order chi connectivity index (χ1) is 13.0. The molecule has 0 aliphatic carbocycles. The fourth-order valence-corrected chi connectivity index (χ4v) is 3.44. The van der Waals surface area contributed by atoms with Gasteiger partial charge in [-0.1, -0.05) is 0 Å². The van der Waals surface area contributed by atoms with Crippen molar-refractivity contribution in [3.63, 3.8) is 0 Å². The Morgan fingerprint density at radius 3 is 2.48 bits per heavy atom. The molecule has 1 aromatic heterocycles. The fourth-order valence-electron chi connectivity index (χ4n) is 3.44. The highest BCUT2D eigenvalue weighted by atomic mass is 16.4. The maximum absolute atomic E-state index is 12.9. The molecule has 1 aliphatic heterocycles. The van der Waals surface area contributed by atoms with Crippen LogP contribution >= 0.6 is 0 Å². The van der Waals surface area contributed by atoms with Crippen molar-refractivity contribution in [2.24, 2.45) is 0 Å². The molecule has 0 bridgehead atoms. The summed E-state index contributed by atoms with van der Waals surface area (Å²) in [4.78, 5) is 27.7. The molecule has 0 fully saturated rings. The summed E-state index contributed by atoms with van der Waals surface area (Å²) in [6.45, 7) is 7.83. The van der Waals surface area contributed by atoms with E-state index in [1.807, 2.05) is 39.9 Å². The number of fused-ring (bicyclic) bond motifs is 1. The van der Waals surface area contributed by atoms with Gasteiger partial charge in [0.1, 0.15) is 0 Å². The standard InChI is InChI=1S/C20H26N4O3/c1-3-22(4-2)17-8-5-15(6-9-17)20(27)23-11-12-24-18(14-23)13-16(21-24)7-10-19(25)26/h5-6,8-9,13H,3-4,7,10-12,14H2,1-2H3,(H,25,26). The van der Waals surface area contributed by atoms with E-state index >= 15 is 0 Å². The quantitative estimate of drug-likeness (QED) is 0.810. The molecule has 1 N–H and O–H groups in total. The first-order valence-electron chi connectivity index (χ1n) is 9.43. The maximum Gasteiger partial charge on any atom is 0.303 e. The lowest BCUT2D eigenvalue weighted by molar-refractivity contribution is -0.136. The molecule has 0 unspecified atom stereocenters. The van der Waals surface area contributed by atoms with E-state index in [1.165, 1.54) is 0 Å². The molecular formula is C20H26N4O3. The van der Waals surface area contributed by atoms with E-state index in [0.717, 1.165) is 30.2 Å². The summed E-state index contributed by atoms with van der Waals surface area (Å²) in [7, 11) is 0. The summed E-state index contributed by atoms with van der Waals surface area (Å²) in [6.07, 6.45) is 0.480. The van der Waals surface area contributed by atoms with Gasteiger partial charge in [0.25, 0.3) is 5.91 Å². The van der Waals surface area contributed by atoms with Crippen LogP contribution in [0.1, 0.15) is 42.0 Å². The highest BCUT2D eigenvalue weighted by Crippen LogP contribution is 2.19. The molecule has 0 radical (unpaired) electrons. The Morgan fingerprint density at radius 1 is 1.15 bits per heavy atom. The summed E-state index contributed by atoms with van der Waals surface area (Å²) in [5.74, 6) is -0.813. The summed E-state index contributed by atoms with van der Waals surface area (Å²) in [5, 5.41) is 13.3. The minimum absolute atomic E-state index is 0.0145. The molecule has 1 aromatic carbocycles. The second-order valence-electron chi connectivity index (χ2n) is 6.69. The molecule has 0 saturated carbocycles. The molecule has 7 heteroatoms. The molecule has 144 valence electrons. The number of carbonyl (C=O) groups is 2. The second-order valence-corrected chi connectivity index (χ2v) is 6.69. The molecule has 7 nitrogen and oxygen atoms in total. The number of anilines is 1. The largest absolute Gasteiger partial charge is 0.481 e. The van der Waals surface area contributed by atoms with Crippen LogP contribution in [0.15, 0.2) is 30.3 Å². The van der Waals surface area contributed by atoms with E-state index < -0.39 is 5.97 Å². The number of aryl methyl sites for hydroxylation is 1. The zero-order valence-electron chi connectivity index (χ0n) is 15.9. The SMILES string of the molecule is CCN(CC)c1ccc(C(=O)N2CCn3nc(CCC(=O)O)cc3C2)cc1. The summed E-state index contributed by atoms with van der Waals surface area (Å²) < 4.78 is 1.88. The average molecular weight is 370 g/mol. The number of hydrogen-bond acceptors (Lipinski definition) is 4. The van der Waals surface area contributed by atoms with Crippen molar-refractivity contribution in [3.05, 3.63) is 47.3 Å². The van der Waals surface area contributed by atoms with Gasteiger partial charge in [0.2, 0.25) is 0 Å². The van der Waals surface area contributed by atoms with E-state index in [1.54, 1.807) is 0 Å². The Labute approximate surface area is 159 Å². The summed E-state index contributed by atoms with van der Waals surface area (Å²) in [5.41, 5.74) is 3.53. The van der Waals surface area contributed by atoms with E-state index in [9.17, 15) is 9.59 Å². The molecule has 0 spiro atoms. The van der Waals surface area contributed by atoms with Crippen LogP contribution in [0.5, 0.6) is 0 Å². The van der Waals surface area contributed by atoms with Gasteiger partial charge in [-0.15, -0.1) is 0 Å². The maximum atomic E-state index is 12.9. The van der Waals surface area contributed by atoms with E-state index in [2.05, 4.69) is 23.8 Å². The summed E-state index contributed by atoms with van der Waals surface area (Å²) >= 11 is 0. The van der Waals surface area contributed by atoms with Crippen LogP contribution in [-0.4, -0.2) is 51.3 Å². The number of aliphatic carboxylic acids is 1. The molecule has 1 amide bonds. The van der Waals surface area contributed by atoms with Crippen molar-refractivity contribution in [1.29, 1.82) is 0 Å². The summed E-state index contributed by atoms with van der Waals surface area (Å²) in [6, 6.07) is 9.68. The van der Waals surface area contributed by atoms with Crippen molar-refractivity contribution in [2.75, 3.05) is 24.5 Å². The zero-order chi connectivity index (χ0) is 19.4. The van der Waals surface area contributed by atoms with Crippen LogP contribution < -0.4 is 4.90 Å². The van der Waals surface area contributed by atoms with Crippen molar-refractivity contribution >= 4 is 17.6 Å². The second kappa shape index (κ2) is 8.24. The van der Waals surface area contributed by atoms with Crippen LogP contribution in [-0.2, 0) is 24.3 Å². The highest BCUT2D eigenvalue weighted by molar-refractivity contribution is 5.94. The number of hydrogen-bond donors (Lipinski definition) is 1. The molecule has 3 rings (SSSR count). The fraction of sp³-hybridized carbons (Fsp3) is 0.450. The lowest BCUT2D eigenvalue weighted by Crippen LogP contribution is -2.38. The van der Waals surface area contributed by atoms with Crippen molar-refractivity contribution in [3.8, 4) is 0 Å². The van der Waals surface area contributed by atoms with Gasteiger partial charge in [-0.2, -0.15) is 5.10 Å². The molecule has 1 aliphatic rings. The smallest absolute Gasteiger partial charge is 0.303 e. The van der Waals surface area contributed by atoms with Gasteiger partial charge in [-0.25, -0.2) is 0 Å². The van der Waals surface area contributed by atoms with Crippen LogP contribution in [0.4, 0.5) is 5.69 Å². The van der Waals surface area contributed by atoms with Crippen molar-refractivity contribution < 1.29 is 14.7 Å². The van der Waals surface area contributed by atoms with Crippen LogP contribution in [0.25, 0.3) is 0 Å². The highest BCUT2D eigenvalue weighted by Gasteiger charge is 2.23. The third kappa shape index (κ3) is 4.30. The minimum atomic E-state index is -0.828. The van der Waals surface area contributed by atoms with Crippen molar-refractivity contribution in [1.82, 2.24) is 14.7 Å². The van der Waals surface area contributed by atoms with Gasteiger partial charge in [0.15, 0.2) is 0 Å². The minimum Gasteiger partial charge on any atom is -0.481 e. The lowest BCUT2D eigenvalue weighted by Gasteiger charge is -2.28. The molecule has 2 heterocycles. The first-order valence-corrected chi connectivity index (χ1v) is 9.43. The average Bonchev–Trinajstić information content (AvgIpc) is 3.09. The number of nitrogens with zero attached hydrogens (tertiary/aromatic N) is 4. The number of aromatic nitrogens is 2. The molecule has 0 atom stereocenters. The van der Waals surface area contributed by atoms with Gasteiger partial charge >= 0.3 is 5.97 Å². The van der Waals surface area contributed by atoms with Gasteiger partial charge in [0, 0.05) is 37.3 Å². The predicted octanol–water partition coefficient (Wildman–Crippen LogP) is 2.40. The zero-order valence-corrected chi connectivity index (χ0v) is 15.9. The monoisotopic (exact) mass is 370 g/mol. The Balaban J connectivity index is 1.67. The lowest BCUT2D eigenvalue weighted by atomic mass is 10.1. The number of amides is 1. The number of carboxylic acids is 1. The number of carbonyl (C=O) groups excluding carboxylic acids is 1. The van der Waals surface area contributed by atoms with E-state index in [4.69, 9.17) is 5.11 Å². The Hall–Kier alpha value is -2.83. The Bertz CT molecular complexity index is 809. The number of rotatable bonds is 7. The van der Waals surface area contributed by atoms with Gasteiger partial charge in [0.05, 0.1) is 30.9 Å². The molecule has 2 aromatic rings. The topological polar surface area (TPSA) is 78.7 Å². The van der Waals surface area contributed by atoms with Gasteiger partial charge in [-0.3, -0.25) is 14.3 Å². The normalized spacial score (nSPS) is 13.3. The molecular weight excluding hydrogens is 344 g/mol. The molecule has 0 saturated heterocycles. The van der Waals surface area contributed by atoms with E-state index in [0.29, 0.717) is 31.6 Å².